The van der Waals surface area contributed by atoms with Crippen LogP contribution < -0.4 is 9.44 Å². The fourth-order valence-corrected chi connectivity index (χ4v) is 5.72. The number of thiophene rings is 1. The molecule has 3 aromatic rings. The van der Waals surface area contributed by atoms with E-state index in [0.29, 0.717) is 11.3 Å². The van der Waals surface area contributed by atoms with Crippen LogP contribution in [0.3, 0.4) is 0 Å². The van der Waals surface area contributed by atoms with Crippen LogP contribution >= 0.6 is 22.7 Å². The molecule has 1 aromatic carbocycles. The second-order valence-corrected chi connectivity index (χ2v) is 11.0. The van der Waals surface area contributed by atoms with Crippen LogP contribution in [0.15, 0.2) is 47.2 Å². The Morgan fingerprint density at radius 3 is 2.43 bits per heavy atom. The molecule has 13 heteroatoms. The fourth-order valence-electron chi connectivity index (χ4n) is 2.64. The number of anilines is 1. The Morgan fingerprint density at radius 2 is 1.83 bits per heavy atom. The van der Waals surface area contributed by atoms with E-state index in [2.05, 4.69) is 9.71 Å². The van der Waals surface area contributed by atoms with Crippen molar-refractivity contribution in [3.8, 4) is 9.88 Å². The monoisotopic (exact) mass is 491 g/mol. The van der Waals surface area contributed by atoms with Gasteiger partial charge in [-0.25, -0.2) is 22.5 Å². The van der Waals surface area contributed by atoms with Gasteiger partial charge >= 0.3 is 10.3 Å². The molecule has 0 radical (unpaired) electrons. The van der Waals surface area contributed by atoms with Crippen LogP contribution in [0.1, 0.15) is 17.3 Å². The lowest BCUT2D eigenvalue weighted by Crippen LogP contribution is -2.32. The Hall–Kier alpha value is -1.90. The van der Waals surface area contributed by atoms with Crippen LogP contribution in [-0.2, 0) is 26.7 Å². The summed E-state index contributed by atoms with van der Waals surface area (Å²) in [6.45, 7) is -1.00. The second-order valence-electron chi connectivity index (χ2n) is 6.21. The van der Waals surface area contributed by atoms with Gasteiger partial charge in [0.15, 0.2) is 0 Å². The van der Waals surface area contributed by atoms with Gasteiger partial charge in [0.2, 0.25) is 10.0 Å². The van der Waals surface area contributed by atoms with Crippen molar-refractivity contribution in [3.05, 3.63) is 58.4 Å². The molecule has 0 aliphatic rings. The van der Waals surface area contributed by atoms with Crippen molar-refractivity contribution in [1.29, 1.82) is 0 Å². The molecule has 0 unspecified atom stereocenters. The van der Waals surface area contributed by atoms with Crippen LogP contribution in [0.4, 0.5) is 10.1 Å². The van der Waals surface area contributed by atoms with E-state index in [1.54, 1.807) is 17.5 Å². The molecular weight excluding hydrogens is 473 g/mol. The SMILES string of the molecule is O=S(=O)(O)Nc1ccc(C[C@H](NS(=O)(=O)CCF)c2csc(-c3cccs3)n2)cc1. The molecule has 0 bridgehead atoms. The Labute approximate surface area is 181 Å². The summed E-state index contributed by atoms with van der Waals surface area (Å²) < 4.78 is 72.0. The van der Waals surface area contributed by atoms with Gasteiger partial charge in [-0.15, -0.1) is 22.7 Å². The van der Waals surface area contributed by atoms with Crippen LogP contribution in [0.5, 0.6) is 0 Å². The van der Waals surface area contributed by atoms with Gasteiger partial charge in [-0.3, -0.25) is 9.27 Å². The highest BCUT2D eigenvalue weighted by Crippen LogP contribution is 2.31. The summed E-state index contributed by atoms with van der Waals surface area (Å²) in [5.41, 5.74) is 1.35. The number of sulfonamides is 1. The van der Waals surface area contributed by atoms with Crippen molar-refractivity contribution in [2.24, 2.45) is 0 Å². The third-order valence-corrected chi connectivity index (χ3v) is 7.65. The number of alkyl halides is 1. The largest absolute Gasteiger partial charge is 0.357 e. The number of nitrogens with one attached hydrogen (secondary N) is 2. The summed E-state index contributed by atoms with van der Waals surface area (Å²) in [5.74, 6) is -0.650. The number of rotatable bonds is 10. The quantitative estimate of drug-likeness (QED) is 0.374. The molecule has 0 spiro atoms. The zero-order chi connectivity index (χ0) is 21.8. The first-order valence-corrected chi connectivity index (χ1v) is 13.4. The van der Waals surface area contributed by atoms with E-state index in [9.17, 15) is 21.2 Å². The maximum Gasteiger partial charge on any atom is 0.357 e. The zero-order valence-electron chi connectivity index (χ0n) is 15.4. The van der Waals surface area contributed by atoms with Gasteiger partial charge in [0.1, 0.15) is 11.7 Å². The average molecular weight is 492 g/mol. The van der Waals surface area contributed by atoms with Crippen LogP contribution in [0, 0.1) is 0 Å². The van der Waals surface area contributed by atoms with Crippen molar-refractivity contribution in [1.82, 2.24) is 9.71 Å². The maximum absolute atomic E-state index is 12.6. The lowest BCUT2D eigenvalue weighted by atomic mass is 10.0. The number of thiazole rings is 1. The van der Waals surface area contributed by atoms with Crippen molar-refractivity contribution in [3.63, 3.8) is 0 Å². The third-order valence-electron chi connectivity index (χ3n) is 3.92. The van der Waals surface area contributed by atoms with Gasteiger partial charge in [-0.05, 0) is 35.6 Å². The highest BCUT2D eigenvalue weighted by atomic mass is 32.2. The predicted octanol–water partition coefficient (Wildman–Crippen LogP) is 3.26. The van der Waals surface area contributed by atoms with E-state index in [0.717, 1.165) is 9.88 Å². The molecule has 0 amide bonds. The molecule has 8 nitrogen and oxygen atoms in total. The molecule has 2 heterocycles. The van der Waals surface area contributed by atoms with Gasteiger partial charge in [0.05, 0.1) is 28.1 Å². The van der Waals surface area contributed by atoms with E-state index in [1.807, 2.05) is 22.2 Å². The number of hydrogen-bond acceptors (Lipinski definition) is 7. The van der Waals surface area contributed by atoms with E-state index in [-0.39, 0.29) is 12.1 Å². The average Bonchev–Trinajstić information content (AvgIpc) is 3.33. The Morgan fingerprint density at radius 1 is 1.10 bits per heavy atom. The summed E-state index contributed by atoms with van der Waals surface area (Å²) in [6.07, 6.45) is 0.214. The normalized spacial score (nSPS) is 13.3. The number of nitrogens with zero attached hydrogens (tertiary/aromatic N) is 1. The highest BCUT2D eigenvalue weighted by Gasteiger charge is 2.23. The summed E-state index contributed by atoms with van der Waals surface area (Å²) >= 11 is 2.90. The first-order chi connectivity index (χ1) is 14.1. The second kappa shape index (κ2) is 9.49. The predicted molar refractivity (Wildman–Crippen MR) is 116 cm³/mol. The minimum atomic E-state index is -4.39. The minimum absolute atomic E-state index is 0.157. The molecule has 2 aromatic heterocycles. The molecule has 0 saturated heterocycles. The number of benzene rings is 1. The zero-order valence-corrected chi connectivity index (χ0v) is 18.6. The number of halogens is 1. The van der Waals surface area contributed by atoms with Crippen molar-refractivity contribution in [2.45, 2.75) is 12.5 Å². The molecule has 0 aliphatic heterocycles. The van der Waals surface area contributed by atoms with E-state index >= 15 is 0 Å². The molecular formula is C17H18FN3O5S4. The summed E-state index contributed by atoms with van der Waals surface area (Å²) in [7, 11) is -8.25. The number of hydrogen-bond donors (Lipinski definition) is 3. The molecule has 3 N–H and O–H groups in total. The van der Waals surface area contributed by atoms with Crippen molar-refractivity contribution >= 4 is 48.7 Å². The molecule has 0 aliphatic carbocycles. The lowest BCUT2D eigenvalue weighted by Gasteiger charge is -2.17. The lowest BCUT2D eigenvalue weighted by molar-refractivity contribution is 0.489. The molecule has 1 atom stereocenters. The Bertz CT molecular complexity index is 1180. The van der Waals surface area contributed by atoms with E-state index < -0.39 is 38.8 Å². The van der Waals surface area contributed by atoms with Gasteiger partial charge in [0, 0.05) is 5.38 Å². The summed E-state index contributed by atoms with van der Waals surface area (Å²) in [5, 5.41) is 4.42. The van der Waals surface area contributed by atoms with Crippen LogP contribution in [0.2, 0.25) is 0 Å². The first-order valence-electron chi connectivity index (χ1n) is 8.54. The molecule has 30 heavy (non-hydrogen) atoms. The van der Waals surface area contributed by atoms with Crippen molar-refractivity contribution in [2.75, 3.05) is 17.1 Å². The standard InChI is InChI=1S/C17H18FN3O5S4/c18-7-9-29(22,23)21-14(15-11-28-17(19-15)16-2-1-8-27-16)10-12-3-5-13(6-4-12)20-30(24,25)26/h1-6,8,11,14,20-21H,7,9-10H2,(H,24,25,26)/t14-/m0/s1. The third kappa shape index (κ3) is 6.55. The van der Waals surface area contributed by atoms with Gasteiger partial charge in [-0.2, -0.15) is 8.42 Å². The maximum atomic E-state index is 12.6. The summed E-state index contributed by atoms with van der Waals surface area (Å²) in [4.78, 5) is 5.50. The summed E-state index contributed by atoms with van der Waals surface area (Å²) in [6, 6.07) is 9.14. The highest BCUT2D eigenvalue weighted by molar-refractivity contribution is 7.89. The molecule has 162 valence electrons. The smallest absolute Gasteiger partial charge is 0.269 e. The molecule has 0 saturated carbocycles. The van der Waals surface area contributed by atoms with E-state index in [1.165, 1.54) is 34.8 Å². The minimum Gasteiger partial charge on any atom is -0.269 e. The van der Waals surface area contributed by atoms with Gasteiger partial charge in [-0.1, -0.05) is 18.2 Å². The topological polar surface area (TPSA) is 125 Å². The van der Waals surface area contributed by atoms with E-state index in [4.69, 9.17) is 4.55 Å². The Balaban J connectivity index is 1.84. The van der Waals surface area contributed by atoms with Crippen LogP contribution in [-0.4, -0.2) is 38.8 Å². The molecule has 3 rings (SSSR count). The van der Waals surface area contributed by atoms with Gasteiger partial charge in [0.25, 0.3) is 0 Å². The van der Waals surface area contributed by atoms with Gasteiger partial charge < -0.3 is 0 Å². The first kappa shape index (κ1) is 22.8. The molecule has 0 fully saturated rings. The van der Waals surface area contributed by atoms with Crippen molar-refractivity contribution < 1.29 is 25.8 Å². The fraction of sp³-hybridized carbons (Fsp3) is 0.235. The number of aromatic nitrogens is 1. The van der Waals surface area contributed by atoms with Crippen LogP contribution in [0.25, 0.3) is 9.88 Å². The Kier molecular flexibility index (Phi) is 7.21.